The molecule has 0 bridgehead atoms. The highest BCUT2D eigenvalue weighted by Crippen LogP contribution is 2.36. The maximum absolute atomic E-state index is 12.8. The van der Waals surface area contributed by atoms with E-state index >= 15 is 0 Å². The Hall–Kier alpha value is -1.53. The number of piperidine rings is 1. The molecule has 2 heterocycles. The molecule has 0 spiro atoms. The van der Waals surface area contributed by atoms with Crippen molar-refractivity contribution in [3.05, 3.63) is 35.4 Å². The van der Waals surface area contributed by atoms with Crippen LogP contribution >= 0.6 is 24.0 Å². The minimum Gasteiger partial charge on any atom is -0.497 e. The molecule has 6 heteroatoms. The van der Waals surface area contributed by atoms with E-state index in [1.54, 1.807) is 12.0 Å². The molecule has 1 amide bonds. The molecule has 2 aliphatic rings. The summed E-state index contributed by atoms with van der Waals surface area (Å²) >= 11 is 6.83. The molecule has 3 rings (SSSR count). The molecule has 0 saturated carbocycles. The third kappa shape index (κ3) is 3.44. The number of rotatable bonds is 4. The number of thiocarbonyl (C=S) groups is 1. The van der Waals surface area contributed by atoms with Gasteiger partial charge in [0, 0.05) is 18.8 Å². The molecule has 1 aromatic rings. The Labute approximate surface area is 152 Å². The molecule has 2 fully saturated rings. The van der Waals surface area contributed by atoms with Crippen LogP contribution < -0.4 is 9.64 Å². The summed E-state index contributed by atoms with van der Waals surface area (Å²) < 4.78 is 5.76. The largest absolute Gasteiger partial charge is 0.497 e. The minimum absolute atomic E-state index is 0.0319. The predicted molar refractivity (Wildman–Crippen MR) is 103 cm³/mol. The van der Waals surface area contributed by atoms with E-state index in [1.165, 1.54) is 31.0 Å². The fourth-order valence-corrected chi connectivity index (χ4v) is 4.49. The molecular formula is C18H22N2O2S2. The zero-order valence-corrected chi connectivity index (χ0v) is 15.7. The average molecular weight is 363 g/mol. The molecule has 1 atom stereocenters. The van der Waals surface area contributed by atoms with Crippen molar-refractivity contribution in [2.24, 2.45) is 0 Å². The Bertz CT molecular complexity index is 657. The van der Waals surface area contributed by atoms with E-state index in [2.05, 4.69) is 11.8 Å². The fraction of sp³-hybridized carbons (Fsp3) is 0.444. The van der Waals surface area contributed by atoms with Gasteiger partial charge in [0.15, 0.2) is 4.32 Å². The van der Waals surface area contributed by atoms with Crippen molar-refractivity contribution in [3.63, 3.8) is 0 Å². The lowest BCUT2D eigenvalue weighted by Gasteiger charge is -2.34. The molecule has 0 N–H and O–H groups in total. The van der Waals surface area contributed by atoms with Gasteiger partial charge in [-0.05, 0) is 49.9 Å². The molecule has 24 heavy (non-hydrogen) atoms. The smallest absolute Gasteiger partial charge is 0.272 e. The average Bonchev–Trinajstić information content (AvgIpc) is 2.89. The highest BCUT2D eigenvalue weighted by Gasteiger charge is 2.34. The molecule has 0 aliphatic carbocycles. The number of amides is 1. The van der Waals surface area contributed by atoms with E-state index in [-0.39, 0.29) is 5.91 Å². The number of nitrogens with zero attached hydrogens (tertiary/aromatic N) is 2. The summed E-state index contributed by atoms with van der Waals surface area (Å²) in [5, 5.41) is 0. The van der Waals surface area contributed by atoms with Crippen molar-refractivity contribution in [3.8, 4) is 5.75 Å². The molecule has 0 unspecified atom stereocenters. The van der Waals surface area contributed by atoms with Crippen LogP contribution in [0.2, 0.25) is 0 Å². The van der Waals surface area contributed by atoms with Crippen LogP contribution in [0.1, 0.15) is 32.6 Å². The number of hydrogen-bond donors (Lipinski definition) is 0. The van der Waals surface area contributed by atoms with Crippen LogP contribution in [0.25, 0.3) is 0 Å². The quantitative estimate of drug-likeness (QED) is 0.593. The third-order valence-corrected chi connectivity index (χ3v) is 5.84. The Balaban J connectivity index is 1.81. The van der Waals surface area contributed by atoms with Crippen LogP contribution in [0.4, 0.5) is 5.69 Å². The molecule has 2 aliphatic heterocycles. The normalized spacial score (nSPS) is 23.2. The molecule has 0 aromatic heterocycles. The van der Waals surface area contributed by atoms with Crippen LogP contribution in [-0.2, 0) is 4.79 Å². The van der Waals surface area contributed by atoms with Gasteiger partial charge in [-0.25, -0.2) is 0 Å². The van der Waals surface area contributed by atoms with Gasteiger partial charge >= 0.3 is 0 Å². The van der Waals surface area contributed by atoms with Gasteiger partial charge in [0.25, 0.3) is 5.91 Å². The highest BCUT2D eigenvalue weighted by molar-refractivity contribution is 8.27. The second kappa shape index (κ2) is 7.57. The van der Waals surface area contributed by atoms with Crippen molar-refractivity contribution in [2.75, 3.05) is 18.6 Å². The number of anilines is 1. The van der Waals surface area contributed by atoms with Crippen LogP contribution in [0.3, 0.4) is 0 Å². The summed E-state index contributed by atoms with van der Waals surface area (Å²) in [5.74, 6) is 0.731. The van der Waals surface area contributed by atoms with E-state index in [0.717, 1.165) is 29.3 Å². The molecule has 0 radical (unpaired) electrons. The van der Waals surface area contributed by atoms with E-state index < -0.39 is 0 Å². The SMILES string of the molecule is CC[C@@H]1CCCCN1/C=C1/SC(=S)N(c2ccc(OC)cc2)C1=O. The first-order valence-corrected chi connectivity index (χ1v) is 9.54. The molecule has 1 aromatic carbocycles. The standard InChI is InChI=1S/C18H22N2O2S2/c1-3-13-6-4-5-11-19(13)12-16-17(21)20(18(23)24-16)14-7-9-15(22-2)10-8-14/h7-10,12-13H,3-6,11H2,1-2H3/b16-12+/t13-/m1/s1. The second-order valence-electron chi connectivity index (χ2n) is 6.00. The topological polar surface area (TPSA) is 32.8 Å². The maximum Gasteiger partial charge on any atom is 0.272 e. The minimum atomic E-state index is -0.0319. The van der Waals surface area contributed by atoms with Gasteiger partial charge in [0.2, 0.25) is 0 Å². The Morgan fingerprint density at radius 3 is 2.75 bits per heavy atom. The van der Waals surface area contributed by atoms with Crippen LogP contribution in [-0.4, -0.2) is 34.8 Å². The van der Waals surface area contributed by atoms with E-state index in [9.17, 15) is 4.79 Å². The summed E-state index contributed by atoms with van der Waals surface area (Å²) in [7, 11) is 1.63. The van der Waals surface area contributed by atoms with Crippen molar-refractivity contribution in [2.45, 2.75) is 38.6 Å². The Morgan fingerprint density at radius 1 is 1.33 bits per heavy atom. The Morgan fingerprint density at radius 2 is 2.08 bits per heavy atom. The lowest BCUT2D eigenvalue weighted by molar-refractivity contribution is -0.113. The Kier molecular flexibility index (Phi) is 5.46. The first kappa shape index (κ1) is 17.3. The number of likely N-dealkylation sites (tertiary alicyclic amines) is 1. The monoisotopic (exact) mass is 362 g/mol. The number of methoxy groups -OCH3 is 1. The predicted octanol–water partition coefficient (Wildman–Crippen LogP) is 4.17. The summed E-state index contributed by atoms with van der Waals surface area (Å²) in [6, 6.07) is 7.94. The summed E-state index contributed by atoms with van der Waals surface area (Å²) in [6.45, 7) is 3.23. The molecular weight excluding hydrogens is 340 g/mol. The van der Waals surface area contributed by atoms with Gasteiger partial charge in [0.1, 0.15) is 5.75 Å². The van der Waals surface area contributed by atoms with Crippen molar-refractivity contribution < 1.29 is 9.53 Å². The number of carbonyl (C=O) groups is 1. The van der Waals surface area contributed by atoms with E-state index in [0.29, 0.717) is 10.4 Å². The lowest BCUT2D eigenvalue weighted by atomic mass is 10.0. The van der Waals surface area contributed by atoms with Crippen LogP contribution in [0.15, 0.2) is 35.4 Å². The van der Waals surface area contributed by atoms with Crippen molar-refractivity contribution in [1.29, 1.82) is 0 Å². The van der Waals surface area contributed by atoms with E-state index in [4.69, 9.17) is 17.0 Å². The molecule has 4 nitrogen and oxygen atoms in total. The van der Waals surface area contributed by atoms with Gasteiger partial charge in [-0.3, -0.25) is 9.69 Å². The lowest BCUT2D eigenvalue weighted by Crippen LogP contribution is -2.35. The molecule has 2 saturated heterocycles. The second-order valence-corrected chi connectivity index (χ2v) is 7.67. The summed E-state index contributed by atoms with van der Waals surface area (Å²) in [5.41, 5.74) is 0.785. The van der Waals surface area contributed by atoms with E-state index in [1.807, 2.05) is 30.5 Å². The number of ether oxygens (including phenoxy) is 1. The van der Waals surface area contributed by atoms with Crippen molar-refractivity contribution in [1.82, 2.24) is 4.90 Å². The zero-order valence-electron chi connectivity index (χ0n) is 14.0. The summed E-state index contributed by atoms with van der Waals surface area (Å²) in [4.78, 5) is 17.5. The first-order valence-electron chi connectivity index (χ1n) is 8.32. The number of carbonyl (C=O) groups excluding carboxylic acids is 1. The molecule has 128 valence electrons. The van der Waals surface area contributed by atoms with Gasteiger partial charge in [-0.15, -0.1) is 0 Å². The van der Waals surface area contributed by atoms with Gasteiger partial charge in [0.05, 0.1) is 17.7 Å². The number of benzene rings is 1. The van der Waals surface area contributed by atoms with Gasteiger partial charge < -0.3 is 9.64 Å². The van der Waals surface area contributed by atoms with Gasteiger partial charge in [-0.1, -0.05) is 30.9 Å². The number of thioether (sulfide) groups is 1. The van der Waals surface area contributed by atoms with Crippen LogP contribution in [0, 0.1) is 0 Å². The highest BCUT2D eigenvalue weighted by atomic mass is 32.2. The van der Waals surface area contributed by atoms with Gasteiger partial charge in [-0.2, -0.15) is 0 Å². The van der Waals surface area contributed by atoms with Crippen molar-refractivity contribution >= 4 is 39.9 Å². The zero-order chi connectivity index (χ0) is 17.1. The van der Waals surface area contributed by atoms with Crippen LogP contribution in [0.5, 0.6) is 5.75 Å². The first-order chi connectivity index (χ1) is 11.6. The number of hydrogen-bond acceptors (Lipinski definition) is 5. The summed E-state index contributed by atoms with van der Waals surface area (Å²) in [6.07, 6.45) is 6.79. The maximum atomic E-state index is 12.8. The third-order valence-electron chi connectivity index (χ3n) is 4.55. The fourth-order valence-electron chi connectivity index (χ4n) is 3.19.